The molecule has 0 heterocycles. The second-order valence-corrected chi connectivity index (χ2v) is 5.51. The number of nitro groups is 1. The molecular formula is C14H11Cl2N2O9-. The maximum absolute atomic E-state index is 12.2. The van der Waals surface area contributed by atoms with Crippen LogP contribution in [0, 0.1) is 16.0 Å². The third-order valence-corrected chi connectivity index (χ3v) is 3.66. The van der Waals surface area contributed by atoms with Crippen molar-refractivity contribution in [1.29, 1.82) is 0 Å². The molecule has 1 rings (SSSR count). The molecule has 0 spiro atoms. The lowest BCUT2D eigenvalue weighted by Gasteiger charge is -2.22. The molecule has 146 valence electrons. The molecule has 0 saturated carbocycles. The van der Waals surface area contributed by atoms with Gasteiger partial charge in [-0.1, -0.05) is 23.2 Å². The maximum Gasteiger partial charge on any atom is 0.375 e. The van der Waals surface area contributed by atoms with Crippen LogP contribution in [0.1, 0.15) is 0 Å². The van der Waals surface area contributed by atoms with Crippen molar-refractivity contribution in [3.05, 3.63) is 43.9 Å². The van der Waals surface area contributed by atoms with E-state index >= 15 is 0 Å². The number of benzene rings is 1. The first-order valence-corrected chi connectivity index (χ1v) is 7.51. The Balaban J connectivity index is 3.34. The first-order valence-electron chi connectivity index (χ1n) is 6.75. The van der Waals surface area contributed by atoms with E-state index in [2.05, 4.69) is 9.47 Å². The van der Waals surface area contributed by atoms with E-state index in [-0.39, 0.29) is 15.7 Å². The minimum atomic E-state index is -2.34. The number of nitrogens with one attached hydrogen (secondary N) is 1. The van der Waals surface area contributed by atoms with Gasteiger partial charge in [0, 0.05) is 12.1 Å². The van der Waals surface area contributed by atoms with Gasteiger partial charge in [-0.3, -0.25) is 19.7 Å². The number of nitrogens with zero attached hydrogens (tertiary/aromatic N) is 1. The summed E-state index contributed by atoms with van der Waals surface area (Å²) in [5.41, 5.74) is -0.779. The van der Waals surface area contributed by atoms with Gasteiger partial charge in [0.15, 0.2) is 5.88 Å². The molecule has 0 bridgehead atoms. The molecule has 1 atom stereocenters. The van der Waals surface area contributed by atoms with E-state index in [0.717, 1.165) is 26.4 Å². The van der Waals surface area contributed by atoms with Gasteiger partial charge in [0.05, 0.1) is 34.9 Å². The first-order chi connectivity index (χ1) is 12.5. The molecule has 11 nitrogen and oxygen atoms in total. The van der Waals surface area contributed by atoms with Gasteiger partial charge >= 0.3 is 11.9 Å². The average Bonchev–Trinajstić information content (AvgIpc) is 2.62. The Kier molecular flexibility index (Phi) is 7.37. The highest BCUT2D eigenvalue weighted by Gasteiger charge is 2.34. The smallest absolute Gasteiger partial charge is 0.375 e. The SMILES string of the molecule is COC(=O)C(=O)C(C(=O)OC)C([O-])=C(O)Nc1c(Cl)cc([N+](=O)[O-])cc1Cl. The van der Waals surface area contributed by atoms with Crippen LogP contribution < -0.4 is 10.4 Å². The van der Waals surface area contributed by atoms with Crippen molar-refractivity contribution in [1.82, 2.24) is 0 Å². The number of rotatable bonds is 7. The second kappa shape index (κ2) is 9.05. The summed E-state index contributed by atoms with van der Waals surface area (Å²) in [7, 11) is 1.69. The van der Waals surface area contributed by atoms with Crippen molar-refractivity contribution < 1.29 is 39.0 Å². The highest BCUT2D eigenvalue weighted by molar-refractivity contribution is 6.40. The third kappa shape index (κ3) is 4.99. The van der Waals surface area contributed by atoms with Crippen molar-refractivity contribution in [2.45, 2.75) is 0 Å². The Bertz CT molecular complexity index is 815. The van der Waals surface area contributed by atoms with E-state index in [0.29, 0.717) is 0 Å². The molecule has 1 aromatic carbocycles. The zero-order valence-electron chi connectivity index (χ0n) is 13.6. The van der Waals surface area contributed by atoms with Crippen molar-refractivity contribution in [2.24, 2.45) is 5.92 Å². The van der Waals surface area contributed by atoms with Crippen molar-refractivity contribution in [2.75, 3.05) is 19.5 Å². The number of anilines is 1. The number of esters is 2. The molecule has 0 amide bonds. The molecule has 0 aliphatic carbocycles. The van der Waals surface area contributed by atoms with Crippen LogP contribution in [0.5, 0.6) is 0 Å². The van der Waals surface area contributed by atoms with Gasteiger partial charge in [-0.25, -0.2) is 4.79 Å². The fourth-order valence-corrected chi connectivity index (χ4v) is 2.34. The predicted octanol–water partition coefficient (Wildman–Crippen LogP) is 0.932. The van der Waals surface area contributed by atoms with Crippen molar-refractivity contribution in [3.8, 4) is 0 Å². The minimum absolute atomic E-state index is 0.316. The van der Waals surface area contributed by atoms with E-state index in [4.69, 9.17) is 23.2 Å². The second-order valence-electron chi connectivity index (χ2n) is 4.69. The molecule has 2 N–H and O–H groups in total. The lowest BCUT2D eigenvalue weighted by atomic mass is 10.0. The number of hydrogen-bond donors (Lipinski definition) is 2. The predicted molar refractivity (Wildman–Crippen MR) is 88.9 cm³/mol. The number of hydrogen-bond acceptors (Lipinski definition) is 10. The van der Waals surface area contributed by atoms with Gasteiger partial charge in [-0.05, 0) is 5.76 Å². The van der Waals surface area contributed by atoms with Crippen LogP contribution in [0.25, 0.3) is 0 Å². The Labute approximate surface area is 161 Å². The zero-order chi connectivity index (χ0) is 20.9. The number of carbonyl (C=O) groups is 3. The molecule has 27 heavy (non-hydrogen) atoms. The molecule has 1 unspecified atom stereocenters. The number of ether oxygens (including phenoxy) is 2. The fourth-order valence-electron chi connectivity index (χ4n) is 1.77. The number of aliphatic hydroxyl groups is 1. The molecule has 0 radical (unpaired) electrons. The number of non-ortho nitro benzene ring substituents is 1. The topological polar surface area (TPSA) is 168 Å². The first kappa shape index (κ1) is 22.0. The Morgan fingerprint density at radius 1 is 1.19 bits per heavy atom. The standard InChI is InChI=1S/C14H12Cl2N2O9/c1-26-13(22)8(11(20)14(23)27-2)10(19)12(21)17-9-6(15)3-5(18(24)25)4-7(9)16/h3-4,8,17,19,21H,1-2H3/p-1. The summed E-state index contributed by atoms with van der Waals surface area (Å²) >= 11 is 11.6. The number of Topliss-reactive ketones (excluding diaryl/α,β-unsaturated/α-hetero) is 1. The Hall–Kier alpha value is -3.05. The highest BCUT2D eigenvalue weighted by Crippen LogP contribution is 2.35. The van der Waals surface area contributed by atoms with Gasteiger partial charge in [-0.15, -0.1) is 0 Å². The molecule has 0 aliphatic rings. The minimum Gasteiger partial charge on any atom is -0.871 e. The number of ketones is 1. The quantitative estimate of drug-likeness (QED) is 0.161. The van der Waals surface area contributed by atoms with Crippen LogP contribution in [-0.2, 0) is 23.9 Å². The lowest BCUT2D eigenvalue weighted by molar-refractivity contribution is -0.384. The molecule has 0 fully saturated rings. The Morgan fingerprint density at radius 3 is 2.11 bits per heavy atom. The van der Waals surface area contributed by atoms with E-state index in [1.54, 1.807) is 0 Å². The normalized spacial score (nSPS) is 12.4. The van der Waals surface area contributed by atoms with E-state index < -0.39 is 45.9 Å². The average molecular weight is 422 g/mol. The van der Waals surface area contributed by atoms with Crippen LogP contribution in [0.2, 0.25) is 10.0 Å². The van der Waals surface area contributed by atoms with E-state index in [1.165, 1.54) is 0 Å². The summed E-state index contributed by atoms with van der Waals surface area (Å²) < 4.78 is 8.42. The van der Waals surface area contributed by atoms with Crippen LogP contribution in [0.4, 0.5) is 11.4 Å². The Morgan fingerprint density at radius 2 is 1.70 bits per heavy atom. The third-order valence-electron chi connectivity index (χ3n) is 3.06. The summed E-state index contributed by atoms with van der Waals surface area (Å²) in [5, 5.41) is 34.2. The summed E-state index contributed by atoms with van der Waals surface area (Å²) in [4.78, 5) is 44.8. The summed E-state index contributed by atoms with van der Waals surface area (Å²) in [5.74, 6) is -9.69. The fraction of sp³-hybridized carbons (Fsp3) is 0.214. The van der Waals surface area contributed by atoms with Crippen molar-refractivity contribution in [3.63, 3.8) is 0 Å². The molecular weight excluding hydrogens is 411 g/mol. The largest absolute Gasteiger partial charge is 0.871 e. The number of carbonyl (C=O) groups excluding carboxylic acids is 3. The molecule has 13 heteroatoms. The molecule has 1 aromatic rings. The molecule has 0 aromatic heterocycles. The molecule has 0 aliphatic heterocycles. The summed E-state index contributed by atoms with van der Waals surface area (Å²) in [6, 6.07) is 1.76. The number of aliphatic hydroxyl groups excluding tert-OH is 1. The zero-order valence-corrected chi connectivity index (χ0v) is 15.2. The van der Waals surface area contributed by atoms with E-state index in [1.807, 2.05) is 5.32 Å². The maximum atomic E-state index is 12.2. The number of nitro benzene ring substituents is 1. The number of methoxy groups -OCH3 is 2. The monoisotopic (exact) mass is 421 g/mol. The van der Waals surface area contributed by atoms with Gasteiger partial charge < -0.3 is 25.0 Å². The highest BCUT2D eigenvalue weighted by atomic mass is 35.5. The van der Waals surface area contributed by atoms with Gasteiger partial charge in [0.25, 0.3) is 11.5 Å². The van der Waals surface area contributed by atoms with Gasteiger partial charge in [-0.2, -0.15) is 0 Å². The van der Waals surface area contributed by atoms with Crippen LogP contribution in [-0.4, -0.2) is 42.0 Å². The number of halogens is 2. The van der Waals surface area contributed by atoms with Crippen LogP contribution in [0.3, 0.4) is 0 Å². The van der Waals surface area contributed by atoms with E-state index in [9.17, 15) is 34.7 Å². The summed E-state index contributed by atoms with van der Waals surface area (Å²) in [6.07, 6.45) is 0. The van der Waals surface area contributed by atoms with Gasteiger partial charge in [0.1, 0.15) is 5.92 Å². The van der Waals surface area contributed by atoms with Crippen LogP contribution >= 0.6 is 23.2 Å². The molecule has 0 saturated heterocycles. The van der Waals surface area contributed by atoms with Gasteiger partial charge in [0.2, 0.25) is 0 Å². The van der Waals surface area contributed by atoms with Crippen molar-refractivity contribution >= 4 is 52.3 Å². The lowest BCUT2D eigenvalue weighted by Crippen LogP contribution is -2.38. The van der Waals surface area contributed by atoms with Crippen LogP contribution in [0.15, 0.2) is 23.8 Å². The summed E-state index contributed by atoms with van der Waals surface area (Å²) in [6.45, 7) is 0.